The van der Waals surface area contributed by atoms with Crippen LogP contribution in [-0.2, 0) is 13.1 Å². The topological polar surface area (TPSA) is 70.4 Å². The summed E-state index contributed by atoms with van der Waals surface area (Å²) in [5, 5.41) is 14.7. The Bertz CT molecular complexity index is 707. The third kappa shape index (κ3) is 6.91. The molecule has 3 rings (SSSR count). The molecular weight excluding hydrogens is 418 g/mol. The number of piperidine rings is 1. The Morgan fingerprint density at radius 2 is 1.86 bits per heavy atom. The van der Waals surface area contributed by atoms with E-state index < -0.39 is 0 Å². The molecule has 7 nitrogen and oxygen atoms in total. The van der Waals surface area contributed by atoms with Crippen molar-refractivity contribution in [2.45, 2.75) is 44.8 Å². The molecule has 1 aromatic carbocycles. The molecule has 28 heavy (non-hydrogen) atoms. The molecule has 8 heteroatoms. The number of halogens is 1. The molecule has 0 radical (unpaired) electrons. The smallest absolute Gasteiger partial charge is 0.191 e. The molecule has 0 atom stereocenters. The number of nitrogens with zero attached hydrogens (tertiary/aromatic N) is 5. The SMILES string of the molecule is CN=C(NCCCCn1cnnc1)NC1CCN(Cc2ccc(Br)cc2)CC1. The van der Waals surface area contributed by atoms with Crippen LogP contribution in [0.4, 0.5) is 0 Å². The van der Waals surface area contributed by atoms with Crippen molar-refractivity contribution in [3.8, 4) is 0 Å². The van der Waals surface area contributed by atoms with Crippen molar-refractivity contribution in [2.24, 2.45) is 4.99 Å². The molecule has 0 amide bonds. The highest BCUT2D eigenvalue weighted by Crippen LogP contribution is 2.16. The van der Waals surface area contributed by atoms with Crippen LogP contribution in [0.2, 0.25) is 0 Å². The first-order valence-corrected chi connectivity index (χ1v) is 10.8. The summed E-state index contributed by atoms with van der Waals surface area (Å²) in [6.07, 6.45) is 7.99. The first kappa shape index (κ1) is 20.8. The largest absolute Gasteiger partial charge is 0.356 e. The van der Waals surface area contributed by atoms with E-state index in [0.29, 0.717) is 6.04 Å². The molecule has 0 bridgehead atoms. The molecule has 1 saturated heterocycles. The number of guanidine groups is 1. The van der Waals surface area contributed by atoms with Crippen LogP contribution < -0.4 is 10.6 Å². The summed E-state index contributed by atoms with van der Waals surface area (Å²) in [6, 6.07) is 9.12. The minimum Gasteiger partial charge on any atom is -0.356 e. The first-order valence-electron chi connectivity index (χ1n) is 9.99. The summed E-state index contributed by atoms with van der Waals surface area (Å²) >= 11 is 3.50. The maximum absolute atomic E-state index is 4.38. The van der Waals surface area contributed by atoms with E-state index in [1.807, 2.05) is 11.6 Å². The lowest BCUT2D eigenvalue weighted by Crippen LogP contribution is -2.48. The molecule has 1 aliphatic heterocycles. The lowest BCUT2D eigenvalue weighted by Gasteiger charge is -2.33. The van der Waals surface area contributed by atoms with Gasteiger partial charge in [-0.25, -0.2) is 0 Å². The van der Waals surface area contributed by atoms with Crippen LogP contribution in [0.25, 0.3) is 0 Å². The average Bonchev–Trinajstić information content (AvgIpc) is 3.23. The highest BCUT2D eigenvalue weighted by Gasteiger charge is 2.19. The number of aryl methyl sites for hydroxylation is 1. The van der Waals surface area contributed by atoms with E-state index in [2.05, 4.69) is 70.9 Å². The number of rotatable bonds is 8. The Morgan fingerprint density at radius 1 is 1.14 bits per heavy atom. The zero-order valence-corrected chi connectivity index (χ0v) is 18.1. The highest BCUT2D eigenvalue weighted by molar-refractivity contribution is 9.10. The quantitative estimate of drug-likeness (QED) is 0.369. The molecule has 0 unspecified atom stereocenters. The molecule has 2 N–H and O–H groups in total. The van der Waals surface area contributed by atoms with Gasteiger partial charge in [0.15, 0.2) is 5.96 Å². The van der Waals surface area contributed by atoms with Crippen LogP contribution in [0.1, 0.15) is 31.2 Å². The summed E-state index contributed by atoms with van der Waals surface area (Å²) in [5.74, 6) is 0.913. The maximum Gasteiger partial charge on any atom is 0.191 e. The molecule has 1 aromatic heterocycles. The summed E-state index contributed by atoms with van der Waals surface area (Å²) in [6.45, 7) is 5.13. The Kier molecular flexibility index (Phi) is 8.29. The predicted molar refractivity (Wildman–Crippen MR) is 116 cm³/mol. The number of hydrogen-bond donors (Lipinski definition) is 2. The fourth-order valence-electron chi connectivity index (χ4n) is 3.44. The fraction of sp³-hybridized carbons (Fsp3) is 0.550. The summed E-state index contributed by atoms with van der Waals surface area (Å²) in [5.41, 5.74) is 1.37. The van der Waals surface area contributed by atoms with E-state index in [1.165, 1.54) is 5.56 Å². The van der Waals surface area contributed by atoms with E-state index in [4.69, 9.17) is 0 Å². The van der Waals surface area contributed by atoms with E-state index in [1.54, 1.807) is 12.7 Å². The molecule has 2 aromatic rings. The molecule has 1 fully saturated rings. The van der Waals surface area contributed by atoms with Crippen LogP contribution in [0.15, 0.2) is 46.4 Å². The summed E-state index contributed by atoms with van der Waals surface area (Å²) in [4.78, 5) is 6.91. The molecule has 2 heterocycles. The van der Waals surface area contributed by atoms with Crippen LogP contribution in [0.3, 0.4) is 0 Å². The normalized spacial score (nSPS) is 16.3. The Morgan fingerprint density at radius 3 is 2.54 bits per heavy atom. The minimum absolute atomic E-state index is 0.490. The summed E-state index contributed by atoms with van der Waals surface area (Å²) in [7, 11) is 1.84. The van der Waals surface area contributed by atoms with E-state index in [-0.39, 0.29) is 0 Å². The van der Waals surface area contributed by atoms with Crippen molar-refractivity contribution in [3.05, 3.63) is 47.0 Å². The van der Waals surface area contributed by atoms with Gasteiger partial charge < -0.3 is 15.2 Å². The van der Waals surface area contributed by atoms with E-state index >= 15 is 0 Å². The van der Waals surface area contributed by atoms with Gasteiger partial charge in [0, 0.05) is 50.3 Å². The van der Waals surface area contributed by atoms with Crippen molar-refractivity contribution in [1.29, 1.82) is 0 Å². The van der Waals surface area contributed by atoms with Crippen molar-refractivity contribution in [2.75, 3.05) is 26.7 Å². The van der Waals surface area contributed by atoms with Gasteiger partial charge >= 0.3 is 0 Å². The van der Waals surface area contributed by atoms with Gasteiger partial charge in [0.05, 0.1) is 0 Å². The van der Waals surface area contributed by atoms with Gasteiger partial charge in [0.25, 0.3) is 0 Å². The van der Waals surface area contributed by atoms with Crippen molar-refractivity contribution in [3.63, 3.8) is 0 Å². The van der Waals surface area contributed by atoms with Crippen LogP contribution in [0, 0.1) is 0 Å². The number of likely N-dealkylation sites (tertiary alicyclic amines) is 1. The molecule has 152 valence electrons. The third-order valence-corrected chi connectivity index (χ3v) is 5.60. The number of aliphatic imine (C=N–C) groups is 1. The predicted octanol–water partition coefficient (Wildman–Crippen LogP) is 2.65. The number of aromatic nitrogens is 3. The van der Waals surface area contributed by atoms with E-state index in [0.717, 1.165) is 68.8 Å². The molecular formula is C20H30BrN7. The summed E-state index contributed by atoms with van der Waals surface area (Å²) < 4.78 is 3.14. The van der Waals surface area contributed by atoms with Gasteiger partial charge in [0.2, 0.25) is 0 Å². The number of benzene rings is 1. The van der Waals surface area contributed by atoms with Gasteiger partial charge in [-0.2, -0.15) is 0 Å². The van der Waals surface area contributed by atoms with Crippen molar-refractivity contribution >= 4 is 21.9 Å². The second-order valence-corrected chi connectivity index (χ2v) is 8.14. The number of hydrogen-bond acceptors (Lipinski definition) is 4. The van der Waals surface area contributed by atoms with E-state index in [9.17, 15) is 0 Å². The van der Waals surface area contributed by atoms with Crippen LogP contribution in [-0.4, -0.2) is 58.3 Å². The standard InChI is InChI=1S/C20H30BrN7/c1-22-20(23-10-2-3-11-28-15-24-25-16-28)26-19-8-12-27(13-9-19)14-17-4-6-18(21)7-5-17/h4-7,15-16,19H,2-3,8-14H2,1H3,(H2,22,23,26). The molecule has 0 spiro atoms. The van der Waals surface area contributed by atoms with Gasteiger partial charge in [-0.3, -0.25) is 9.89 Å². The minimum atomic E-state index is 0.490. The van der Waals surface area contributed by atoms with Crippen LogP contribution in [0.5, 0.6) is 0 Å². The number of unbranched alkanes of at least 4 members (excludes halogenated alkanes) is 1. The Labute approximate surface area is 175 Å². The van der Waals surface area contributed by atoms with Gasteiger partial charge in [0.1, 0.15) is 12.7 Å². The second kappa shape index (κ2) is 11.2. The van der Waals surface area contributed by atoms with Gasteiger partial charge in [-0.1, -0.05) is 28.1 Å². The lowest BCUT2D eigenvalue weighted by molar-refractivity contribution is 0.198. The molecule has 1 aliphatic rings. The highest BCUT2D eigenvalue weighted by atomic mass is 79.9. The van der Waals surface area contributed by atoms with Crippen LogP contribution >= 0.6 is 15.9 Å². The zero-order chi connectivity index (χ0) is 19.6. The van der Waals surface area contributed by atoms with Gasteiger partial charge in [-0.05, 0) is 43.4 Å². The van der Waals surface area contributed by atoms with Gasteiger partial charge in [-0.15, -0.1) is 10.2 Å². The third-order valence-electron chi connectivity index (χ3n) is 5.07. The fourth-order valence-corrected chi connectivity index (χ4v) is 3.70. The number of nitrogens with one attached hydrogen (secondary N) is 2. The second-order valence-electron chi connectivity index (χ2n) is 7.23. The lowest BCUT2D eigenvalue weighted by atomic mass is 10.0. The monoisotopic (exact) mass is 447 g/mol. The molecule has 0 saturated carbocycles. The van der Waals surface area contributed by atoms with Crippen molar-refractivity contribution in [1.82, 2.24) is 30.3 Å². The maximum atomic E-state index is 4.38. The average molecular weight is 448 g/mol. The zero-order valence-electron chi connectivity index (χ0n) is 16.5. The molecule has 0 aliphatic carbocycles. The van der Waals surface area contributed by atoms with Crippen molar-refractivity contribution < 1.29 is 0 Å². The first-order chi connectivity index (χ1) is 13.7. The Balaban J connectivity index is 1.30. The Hall–Kier alpha value is -1.93.